The van der Waals surface area contributed by atoms with E-state index in [1.54, 1.807) is 4.68 Å². The molecule has 2 heterocycles. The Balaban J connectivity index is 2.31. The van der Waals surface area contributed by atoms with E-state index in [4.69, 9.17) is 0 Å². The summed E-state index contributed by atoms with van der Waals surface area (Å²) >= 11 is 3.51. The second-order valence-corrected chi connectivity index (χ2v) is 5.77. The molecule has 5 nitrogen and oxygen atoms in total. The first kappa shape index (κ1) is 13.5. The molecule has 0 amide bonds. The SMILES string of the molecule is Cc1nn(C)c(CC2(C(=O)O)CCNCC2)c1Br. The summed E-state index contributed by atoms with van der Waals surface area (Å²) in [6, 6.07) is 0. The first-order chi connectivity index (χ1) is 8.46. The number of aliphatic carboxylic acids is 1. The highest BCUT2D eigenvalue weighted by atomic mass is 79.9. The molecule has 2 rings (SSSR count). The lowest BCUT2D eigenvalue weighted by atomic mass is 9.75. The van der Waals surface area contributed by atoms with Gasteiger partial charge < -0.3 is 10.4 Å². The van der Waals surface area contributed by atoms with Crippen LogP contribution in [0.3, 0.4) is 0 Å². The second-order valence-electron chi connectivity index (χ2n) is 4.98. The van der Waals surface area contributed by atoms with Crippen molar-refractivity contribution in [2.24, 2.45) is 12.5 Å². The van der Waals surface area contributed by atoms with Crippen molar-refractivity contribution >= 4 is 21.9 Å². The smallest absolute Gasteiger partial charge is 0.310 e. The lowest BCUT2D eigenvalue weighted by molar-refractivity contribution is -0.150. The molecular weight excluding hydrogens is 298 g/mol. The number of nitrogens with zero attached hydrogens (tertiary/aromatic N) is 2. The number of carboxylic acid groups (broad SMARTS) is 1. The molecule has 0 bridgehead atoms. The van der Waals surface area contributed by atoms with E-state index in [-0.39, 0.29) is 0 Å². The zero-order valence-electron chi connectivity index (χ0n) is 10.7. The van der Waals surface area contributed by atoms with Crippen LogP contribution in [0.5, 0.6) is 0 Å². The Labute approximate surface area is 115 Å². The van der Waals surface area contributed by atoms with E-state index < -0.39 is 11.4 Å². The van der Waals surface area contributed by atoms with Crippen LogP contribution >= 0.6 is 15.9 Å². The van der Waals surface area contributed by atoms with Gasteiger partial charge in [0.05, 0.1) is 21.3 Å². The van der Waals surface area contributed by atoms with Gasteiger partial charge in [0.2, 0.25) is 0 Å². The van der Waals surface area contributed by atoms with E-state index in [2.05, 4.69) is 26.3 Å². The molecule has 1 saturated heterocycles. The average molecular weight is 316 g/mol. The fourth-order valence-electron chi connectivity index (χ4n) is 2.56. The van der Waals surface area contributed by atoms with E-state index in [1.807, 2.05) is 14.0 Å². The molecule has 1 aromatic rings. The zero-order chi connectivity index (χ0) is 13.3. The Bertz CT molecular complexity index is 464. The standard InChI is InChI=1S/C12H18BrN3O2/c1-8-10(13)9(16(2)15-8)7-12(11(17)18)3-5-14-6-4-12/h14H,3-7H2,1-2H3,(H,17,18). The summed E-state index contributed by atoms with van der Waals surface area (Å²) in [5, 5.41) is 17.1. The highest BCUT2D eigenvalue weighted by molar-refractivity contribution is 9.10. The van der Waals surface area contributed by atoms with Gasteiger partial charge in [-0.3, -0.25) is 9.48 Å². The molecule has 0 atom stereocenters. The van der Waals surface area contributed by atoms with Crippen molar-refractivity contribution in [3.8, 4) is 0 Å². The Hall–Kier alpha value is -0.880. The molecule has 0 aliphatic carbocycles. The fourth-order valence-corrected chi connectivity index (χ4v) is 3.04. The van der Waals surface area contributed by atoms with Gasteiger partial charge >= 0.3 is 5.97 Å². The maximum atomic E-state index is 11.6. The van der Waals surface area contributed by atoms with Crippen LogP contribution in [0, 0.1) is 12.3 Å². The van der Waals surface area contributed by atoms with Crippen LogP contribution in [0.4, 0.5) is 0 Å². The molecule has 1 aliphatic heterocycles. The van der Waals surface area contributed by atoms with Crippen LogP contribution in [0.25, 0.3) is 0 Å². The van der Waals surface area contributed by atoms with Crippen LogP contribution < -0.4 is 5.32 Å². The minimum atomic E-state index is -0.699. The predicted octanol–water partition coefficient (Wildman–Crippen LogP) is 1.49. The first-order valence-electron chi connectivity index (χ1n) is 6.08. The van der Waals surface area contributed by atoms with Crippen molar-refractivity contribution in [3.05, 3.63) is 15.9 Å². The molecule has 100 valence electrons. The molecule has 1 aromatic heterocycles. The molecule has 0 spiro atoms. The third-order valence-corrected chi connectivity index (χ3v) is 4.81. The number of halogens is 1. The van der Waals surface area contributed by atoms with Crippen molar-refractivity contribution in [1.82, 2.24) is 15.1 Å². The number of piperidine rings is 1. The number of aromatic nitrogens is 2. The molecule has 0 aromatic carbocycles. The highest BCUT2D eigenvalue weighted by Crippen LogP contribution is 2.35. The van der Waals surface area contributed by atoms with E-state index in [1.165, 1.54) is 0 Å². The third-order valence-electron chi connectivity index (χ3n) is 3.78. The Morgan fingerprint density at radius 3 is 2.61 bits per heavy atom. The third kappa shape index (κ3) is 2.31. The molecular formula is C12H18BrN3O2. The summed E-state index contributed by atoms with van der Waals surface area (Å²) < 4.78 is 2.72. The van der Waals surface area contributed by atoms with E-state index in [0.717, 1.165) is 29.0 Å². The summed E-state index contributed by atoms with van der Waals surface area (Å²) in [5.41, 5.74) is 1.22. The van der Waals surface area contributed by atoms with Crippen molar-refractivity contribution in [3.63, 3.8) is 0 Å². The quantitative estimate of drug-likeness (QED) is 0.887. The first-order valence-corrected chi connectivity index (χ1v) is 6.88. The second kappa shape index (κ2) is 5.01. The van der Waals surface area contributed by atoms with Gasteiger partial charge in [0, 0.05) is 13.5 Å². The molecule has 1 aliphatic rings. The Kier molecular flexibility index (Phi) is 3.77. The maximum Gasteiger partial charge on any atom is 0.310 e. The minimum Gasteiger partial charge on any atom is -0.481 e. The zero-order valence-corrected chi connectivity index (χ0v) is 12.2. The summed E-state index contributed by atoms with van der Waals surface area (Å²) in [5.74, 6) is -0.699. The molecule has 2 N–H and O–H groups in total. The molecule has 0 unspecified atom stereocenters. The van der Waals surface area contributed by atoms with Gasteiger partial charge in [0.25, 0.3) is 0 Å². The minimum absolute atomic E-state index is 0.530. The normalized spacial score (nSPS) is 18.8. The lowest BCUT2D eigenvalue weighted by Crippen LogP contribution is -2.44. The van der Waals surface area contributed by atoms with Gasteiger partial charge in [-0.2, -0.15) is 5.10 Å². The van der Waals surface area contributed by atoms with E-state index in [0.29, 0.717) is 19.3 Å². The Morgan fingerprint density at radius 2 is 2.17 bits per heavy atom. The lowest BCUT2D eigenvalue weighted by Gasteiger charge is -2.33. The number of aryl methyl sites for hydroxylation is 2. The number of rotatable bonds is 3. The van der Waals surface area contributed by atoms with Gasteiger partial charge in [-0.05, 0) is 48.8 Å². The van der Waals surface area contributed by atoms with E-state index >= 15 is 0 Å². The van der Waals surface area contributed by atoms with Crippen LogP contribution in [-0.4, -0.2) is 33.9 Å². The molecule has 0 radical (unpaired) electrons. The number of hydrogen-bond donors (Lipinski definition) is 2. The summed E-state index contributed by atoms with van der Waals surface area (Å²) in [6.45, 7) is 3.45. The number of nitrogens with one attached hydrogen (secondary N) is 1. The van der Waals surface area contributed by atoms with Crippen LogP contribution in [0.2, 0.25) is 0 Å². The van der Waals surface area contributed by atoms with Crippen molar-refractivity contribution in [1.29, 1.82) is 0 Å². The predicted molar refractivity (Wildman–Crippen MR) is 71.5 cm³/mol. The van der Waals surface area contributed by atoms with Crippen molar-refractivity contribution < 1.29 is 9.90 Å². The number of carboxylic acids is 1. The van der Waals surface area contributed by atoms with Crippen LogP contribution in [0.1, 0.15) is 24.2 Å². The fraction of sp³-hybridized carbons (Fsp3) is 0.667. The van der Waals surface area contributed by atoms with Gasteiger partial charge in [-0.15, -0.1) is 0 Å². The Morgan fingerprint density at radius 1 is 1.56 bits per heavy atom. The molecule has 6 heteroatoms. The number of carbonyl (C=O) groups is 1. The highest BCUT2D eigenvalue weighted by Gasteiger charge is 2.41. The molecule has 0 saturated carbocycles. The van der Waals surface area contributed by atoms with Gasteiger partial charge in [0.15, 0.2) is 0 Å². The number of hydrogen-bond acceptors (Lipinski definition) is 3. The summed E-state index contributed by atoms with van der Waals surface area (Å²) in [7, 11) is 1.86. The summed E-state index contributed by atoms with van der Waals surface area (Å²) in [6.07, 6.45) is 1.86. The van der Waals surface area contributed by atoms with E-state index in [9.17, 15) is 9.90 Å². The largest absolute Gasteiger partial charge is 0.481 e. The monoisotopic (exact) mass is 315 g/mol. The summed E-state index contributed by atoms with van der Waals surface area (Å²) in [4.78, 5) is 11.6. The average Bonchev–Trinajstić information content (AvgIpc) is 2.57. The maximum absolute atomic E-state index is 11.6. The topological polar surface area (TPSA) is 67.2 Å². The molecule has 1 fully saturated rings. The van der Waals surface area contributed by atoms with Crippen molar-refractivity contribution in [2.45, 2.75) is 26.2 Å². The van der Waals surface area contributed by atoms with Crippen molar-refractivity contribution in [2.75, 3.05) is 13.1 Å². The van der Waals surface area contributed by atoms with Gasteiger partial charge in [-0.25, -0.2) is 0 Å². The molecule has 18 heavy (non-hydrogen) atoms. The van der Waals surface area contributed by atoms with Gasteiger partial charge in [0.1, 0.15) is 0 Å². The van der Waals surface area contributed by atoms with Gasteiger partial charge in [-0.1, -0.05) is 0 Å². The van der Waals surface area contributed by atoms with Crippen LogP contribution in [0.15, 0.2) is 4.47 Å². The van der Waals surface area contributed by atoms with Crippen LogP contribution in [-0.2, 0) is 18.3 Å².